The SMILES string of the molecule is Cc1nc(N2CC3(C2)C(=O)NCN3C)nc2c(-c3ccc(Cl)cc3)c(-c3ccccc3Cl)nn12. The first-order chi connectivity index (χ1) is 16.4. The normalized spacial score (nSPS) is 17.4. The Morgan fingerprint density at radius 1 is 1.03 bits per heavy atom. The van der Waals surface area contributed by atoms with Crippen LogP contribution < -0.4 is 10.2 Å². The van der Waals surface area contributed by atoms with Crippen LogP contribution in [0.25, 0.3) is 28.0 Å². The lowest BCUT2D eigenvalue weighted by molar-refractivity contribution is -0.127. The predicted octanol–water partition coefficient (Wildman–Crippen LogP) is 3.65. The van der Waals surface area contributed by atoms with Gasteiger partial charge in [-0.05, 0) is 37.7 Å². The van der Waals surface area contributed by atoms with Crippen molar-refractivity contribution in [3.63, 3.8) is 0 Å². The maximum Gasteiger partial charge on any atom is 0.245 e. The molecule has 2 fully saturated rings. The molecule has 8 nitrogen and oxygen atoms in total. The maximum atomic E-state index is 12.4. The highest BCUT2D eigenvalue weighted by Crippen LogP contribution is 2.39. The highest BCUT2D eigenvalue weighted by molar-refractivity contribution is 6.33. The summed E-state index contributed by atoms with van der Waals surface area (Å²) >= 11 is 12.7. The Labute approximate surface area is 206 Å². The number of aromatic nitrogens is 4. The van der Waals surface area contributed by atoms with Gasteiger partial charge < -0.3 is 10.2 Å². The van der Waals surface area contributed by atoms with Gasteiger partial charge in [-0.3, -0.25) is 9.69 Å². The van der Waals surface area contributed by atoms with Gasteiger partial charge in [0.2, 0.25) is 11.9 Å². The van der Waals surface area contributed by atoms with Crippen LogP contribution in [-0.2, 0) is 4.79 Å². The van der Waals surface area contributed by atoms with Crippen LogP contribution >= 0.6 is 23.2 Å². The van der Waals surface area contributed by atoms with E-state index >= 15 is 0 Å². The molecule has 4 aromatic rings. The molecular formula is C24H21Cl2N7O. The number of nitrogens with one attached hydrogen (secondary N) is 1. The van der Waals surface area contributed by atoms with Crippen LogP contribution in [0.5, 0.6) is 0 Å². The number of carbonyl (C=O) groups is 1. The van der Waals surface area contributed by atoms with E-state index in [1.807, 2.05) is 72.3 Å². The molecule has 10 heteroatoms. The number of fused-ring (bicyclic) bond motifs is 1. The standard InChI is InChI=1S/C24H21Cl2N7O/c1-14-28-23(32-11-24(12-32)22(34)27-13-31(24)2)29-21-19(15-7-9-16(25)10-8-15)20(30-33(14)21)17-5-3-4-6-18(17)26/h3-10H,11-13H2,1-2H3,(H,27,34). The summed E-state index contributed by atoms with van der Waals surface area (Å²) in [5.74, 6) is 1.32. The van der Waals surface area contributed by atoms with E-state index in [0.717, 1.165) is 22.4 Å². The van der Waals surface area contributed by atoms with Crippen LogP contribution in [-0.4, -0.2) is 62.7 Å². The van der Waals surface area contributed by atoms with Gasteiger partial charge in [-0.25, -0.2) is 0 Å². The topological polar surface area (TPSA) is 78.7 Å². The molecule has 0 aliphatic carbocycles. The van der Waals surface area contributed by atoms with Crippen molar-refractivity contribution >= 4 is 40.7 Å². The number of halogens is 2. The monoisotopic (exact) mass is 493 g/mol. The molecule has 0 saturated carbocycles. The third kappa shape index (κ3) is 3.10. The molecule has 0 atom stereocenters. The molecule has 34 heavy (non-hydrogen) atoms. The van der Waals surface area contributed by atoms with Gasteiger partial charge in [0, 0.05) is 10.6 Å². The van der Waals surface area contributed by atoms with Crippen molar-refractivity contribution in [3.8, 4) is 22.4 Å². The van der Waals surface area contributed by atoms with Crippen LogP contribution in [0.15, 0.2) is 48.5 Å². The lowest BCUT2D eigenvalue weighted by Gasteiger charge is -2.49. The Kier molecular flexibility index (Phi) is 4.81. The van der Waals surface area contributed by atoms with Crippen LogP contribution in [0.3, 0.4) is 0 Å². The lowest BCUT2D eigenvalue weighted by atomic mass is 9.89. The van der Waals surface area contributed by atoms with E-state index in [-0.39, 0.29) is 5.91 Å². The average Bonchev–Trinajstić information content (AvgIpc) is 3.31. The molecule has 2 aliphatic heterocycles. The molecular weight excluding hydrogens is 473 g/mol. The molecule has 1 spiro atoms. The van der Waals surface area contributed by atoms with Crippen LogP contribution in [0.4, 0.5) is 5.95 Å². The molecule has 1 N–H and O–H groups in total. The summed E-state index contributed by atoms with van der Waals surface area (Å²) < 4.78 is 1.75. The molecule has 0 bridgehead atoms. The van der Waals surface area contributed by atoms with Gasteiger partial charge in [0.1, 0.15) is 17.1 Å². The third-order valence-corrected chi connectivity index (χ3v) is 7.30. The molecule has 2 aliphatic rings. The summed E-state index contributed by atoms with van der Waals surface area (Å²) in [4.78, 5) is 26.2. The second-order valence-electron chi connectivity index (χ2n) is 8.77. The maximum absolute atomic E-state index is 12.4. The molecule has 2 aromatic carbocycles. The van der Waals surface area contributed by atoms with Gasteiger partial charge in [0.05, 0.1) is 30.3 Å². The van der Waals surface area contributed by atoms with Gasteiger partial charge >= 0.3 is 0 Å². The zero-order valence-corrected chi connectivity index (χ0v) is 20.1. The minimum Gasteiger partial charge on any atom is -0.342 e. The highest BCUT2D eigenvalue weighted by Gasteiger charge is 2.56. The van der Waals surface area contributed by atoms with Crippen molar-refractivity contribution in [3.05, 3.63) is 64.4 Å². The number of benzene rings is 2. The molecule has 0 radical (unpaired) electrons. The minimum absolute atomic E-state index is 0.0521. The Balaban J connectivity index is 1.51. The smallest absolute Gasteiger partial charge is 0.245 e. The number of hydrogen-bond donors (Lipinski definition) is 1. The molecule has 1 amide bonds. The zero-order chi connectivity index (χ0) is 23.6. The first-order valence-corrected chi connectivity index (χ1v) is 11.7. The van der Waals surface area contributed by atoms with Gasteiger partial charge in [0.15, 0.2) is 5.65 Å². The second kappa shape index (κ2) is 7.66. The number of carbonyl (C=O) groups excluding carboxylic acids is 1. The number of hydrogen-bond acceptors (Lipinski definition) is 6. The van der Waals surface area contributed by atoms with Crippen molar-refractivity contribution in [1.29, 1.82) is 0 Å². The van der Waals surface area contributed by atoms with E-state index in [9.17, 15) is 4.79 Å². The summed E-state index contributed by atoms with van der Waals surface area (Å²) in [6.45, 7) is 3.52. The lowest BCUT2D eigenvalue weighted by Crippen LogP contribution is -2.71. The van der Waals surface area contributed by atoms with E-state index in [1.54, 1.807) is 4.52 Å². The summed E-state index contributed by atoms with van der Waals surface area (Å²) in [6.07, 6.45) is 0. The molecule has 2 saturated heterocycles. The van der Waals surface area contributed by atoms with E-state index < -0.39 is 5.54 Å². The minimum atomic E-state index is -0.522. The van der Waals surface area contributed by atoms with Crippen LogP contribution in [0.1, 0.15) is 5.82 Å². The molecule has 4 heterocycles. The number of anilines is 1. The summed E-state index contributed by atoms with van der Waals surface area (Å²) in [5, 5.41) is 9.04. The molecule has 0 unspecified atom stereocenters. The Hall–Kier alpha value is -3.20. The second-order valence-corrected chi connectivity index (χ2v) is 9.61. The van der Waals surface area contributed by atoms with Gasteiger partial charge in [0.25, 0.3) is 0 Å². The fourth-order valence-corrected chi connectivity index (χ4v) is 5.06. The summed E-state index contributed by atoms with van der Waals surface area (Å²) in [5.41, 5.74) is 3.46. The molecule has 6 rings (SSSR count). The first-order valence-electron chi connectivity index (χ1n) is 10.9. The Morgan fingerprint density at radius 2 is 1.76 bits per heavy atom. The van der Waals surface area contributed by atoms with E-state index in [1.165, 1.54) is 0 Å². The Morgan fingerprint density at radius 3 is 2.44 bits per heavy atom. The quantitative estimate of drug-likeness (QED) is 0.469. The molecule has 172 valence electrons. The number of nitrogens with zero attached hydrogens (tertiary/aromatic N) is 6. The number of aryl methyl sites for hydroxylation is 1. The van der Waals surface area contributed by atoms with Crippen molar-refractivity contribution in [1.82, 2.24) is 29.8 Å². The summed E-state index contributed by atoms with van der Waals surface area (Å²) in [6, 6.07) is 15.2. The van der Waals surface area contributed by atoms with Crippen molar-refractivity contribution < 1.29 is 4.79 Å². The number of amides is 1. The fourth-order valence-electron chi connectivity index (χ4n) is 4.71. The fraction of sp³-hybridized carbons (Fsp3) is 0.250. The zero-order valence-electron chi connectivity index (χ0n) is 18.6. The predicted molar refractivity (Wildman–Crippen MR) is 132 cm³/mol. The average molecular weight is 494 g/mol. The van der Waals surface area contributed by atoms with Crippen molar-refractivity contribution in [2.24, 2.45) is 0 Å². The number of likely N-dealkylation sites (N-methyl/N-ethyl adjacent to an activating group) is 1. The highest BCUT2D eigenvalue weighted by atomic mass is 35.5. The number of rotatable bonds is 3. The van der Waals surface area contributed by atoms with Crippen LogP contribution in [0.2, 0.25) is 10.0 Å². The van der Waals surface area contributed by atoms with Gasteiger partial charge in [-0.15, -0.1) is 0 Å². The Bertz CT molecular complexity index is 1440. The third-order valence-electron chi connectivity index (χ3n) is 6.71. The summed E-state index contributed by atoms with van der Waals surface area (Å²) in [7, 11) is 1.95. The van der Waals surface area contributed by atoms with Crippen LogP contribution in [0, 0.1) is 6.92 Å². The largest absolute Gasteiger partial charge is 0.342 e. The van der Waals surface area contributed by atoms with Gasteiger partial charge in [-0.2, -0.15) is 19.6 Å². The van der Waals surface area contributed by atoms with E-state index in [2.05, 4.69) is 5.32 Å². The van der Waals surface area contributed by atoms with E-state index in [4.69, 9.17) is 38.3 Å². The van der Waals surface area contributed by atoms with Crippen molar-refractivity contribution in [2.45, 2.75) is 12.5 Å². The van der Waals surface area contributed by atoms with Crippen molar-refractivity contribution in [2.75, 3.05) is 31.7 Å². The van der Waals surface area contributed by atoms with E-state index in [0.29, 0.717) is 47.2 Å². The molecule has 2 aromatic heterocycles. The van der Waals surface area contributed by atoms with Gasteiger partial charge in [-0.1, -0.05) is 53.5 Å². The first kappa shape index (κ1) is 21.3.